The highest BCUT2D eigenvalue weighted by atomic mass is 35.5. The van der Waals surface area contributed by atoms with E-state index >= 15 is 0 Å². The molecule has 0 spiro atoms. The van der Waals surface area contributed by atoms with Crippen molar-refractivity contribution in [3.8, 4) is 0 Å². The van der Waals surface area contributed by atoms with Crippen LogP contribution in [0.5, 0.6) is 0 Å². The second-order valence-corrected chi connectivity index (χ2v) is 15.3. The third-order valence-electron chi connectivity index (χ3n) is 10.1. The van der Waals surface area contributed by atoms with Gasteiger partial charge < -0.3 is 19.6 Å². The molecule has 2 aromatic rings. The molecule has 2 aromatic carbocycles. The lowest BCUT2D eigenvalue weighted by Gasteiger charge is -2.37. The standard InChI is InChI=1S/C35H43Cl2N5O2S/c1-7-26-16-17-28(32(43)40-19-18-27(20-40)39(5)6)41(26)33(44)30-29(21(2)3)42-31(22-8-12-24(36)13-9-22)35(4,38-34(42)45-30)23-10-14-25(37)15-11-23/h8-15,21,26-28,31H,7,16-20H2,1-6H3/t26-,27+,28-,31-,35+/m1/s1. The Labute approximate surface area is 281 Å². The van der Waals surface area contributed by atoms with Gasteiger partial charge in [0, 0.05) is 40.9 Å². The molecule has 4 heterocycles. The van der Waals surface area contributed by atoms with Gasteiger partial charge in [-0.1, -0.05) is 68.2 Å². The molecular formula is C35H43Cl2N5O2S. The summed E-state index contributed by atoms with van der Waals surface area (Å²) in [6.07, 6.45) is 3.32. The molecule has 10 heteroatoms. The minimum atomic E-state index is -0.633. The molecule has 0 unspecified atom stereocenters. The molecule has 6 rings (SSSR count). The maximum atomic E-state index is 14.8. The van der Waals surface area contributed by atoms with Crippen LogP contribution in [0.25, 0.3) is 0 Å². The SMILES string of the molecule is CC[C@@H]1CC[C@H](C(=O)N2CC[C@H](N(C)C)C2)N1C(=O)C1=C(C(C)C)N2C(=N[C@@](C)(c3ccc(Cl)cc3)[C@H]2c2ccc(Cl)cc2)S1. The molecule has 4 aliphatic rings. The number of rotatable bonds is 7. The van der Waals surface area contributed by atoms with E-state index in [9.17, 15) is 9.59 Å². The molecule has 2 saturated heterocycles. The Hall–Kier alpha value is -2.52. The zero-order chi connectivity index (χ0) is 32.2. The second kappa shape index (κ2) is 12.6. The van der Waals surface area contributed by atoms with Gasteiger partial charge in [0.25, 0.3) is 5.91 Å². The lowest BCUT2D eigenvalue weighted by atomic mass is 9.81. The number of likely N-dealkylation sites (tertiary alicyclic amines) is 2. The third kappa shape index (κ3) is 5.70. The van der Waals surface area contributed by atoms with Crippen molar-refractivity contribution in [2.24, 2.45) is 10.9 Å². The van der Waals surface area contributed by atoms with E-state index in [1.165, 1.54) is 11.8 Å². The van der Waals surface area contributed by atoms with Gasteiger partial charge in [-0.3, -0.25) is 9.59 Å². The Morgan fingerprint density at radius 2 is 1.67 bits per heavy atom. The Kier molecular flexibility index (Phi) is 9.07. The van der Waals surface area contributed by atoms with Crippen molar-refractivity contribution in [3.05, 3.63) is 80.3 Å². The van der Waals surface area contributed by atoms with Crippen LogP contribution < -0.4 is 0 Å². The van der Waals surface area contributed by atoms with Crippen molar-refractivity contribution in [1.29, 1.82) is 0 Å². The summed E-state index contributed by atoms with van der Waals surface area (Å²) in [7, 11) is 4.14. The van der Waals surface area contributed by atoms with Gasteiger partial charge >= 0.3 is 0 Å². The van der Waals surface area contributed by atoms with E-state index in [1.807, 2.05) is 46.2 Å². The maximum Gasteiger partial charge on any atom is 0.263 e. The fraction of sp³-hybridized carbons (Fsp3) is 0.514. The summed E-state index contributed by atoms with van der Waals surface area (Å²) in [5.74, 6) is 0.0863. The number of aliphatic imine (C=N–C) groups is 1. The fourth-order valence-corrected chi connectivity index (χ4v) is 9.19. The smallest absolute Gasteiger partial charge is 0.263 e. The van der Waals surface area contributed by atoms with Crippen LogP contribution in [-0.4, -0.2) is 81.9 Å². The summed E-state index contributed by atoms with van der Waals surface area (Å²) in [4.78, 5) is 43.2. The predicted octanol–water partition coefficient (Wildman–Crippen LogP) is 7.17. The number of carbonyl (C=O) groups excluding carboxylic acids is 2. The molecule has 0 aromatic heterocycles. The average Bonchev–Trinajstić information content (AvgIpc) is 3.79. The van der Waals surface area contributed by atoms with Crippen molar-refractivity contribution in [1.82, 2.24) is 19.6 Å². The van der Waals surface area contributed by atoms with Crippen molar-refractivity contribution in [2.45, 2.75) is 83.1 Å². The van der Waals surface area contributed by atoms with Gasteiger partial charge in [-0.05, 0) is 99.8 Å². The highest BCUT2D eigenvalue weighted by Crippen LogP contribution is 2.56. The van der Waals surface area contributed by atoms with Crippen LogP contribution in [0.3, 0.4) is 0 Å². The number of hydrogen-bond donors (Lipinski definition) is 0. The van der Waals surface area contributed by atoms with Gasteiger partial charge in [0.2, 0.25) is 5.91 Å². The molecule has 0 aliphatic carbocycles. The Balaban J connectivity index is 1.39. The highest BCUT2D eigenvalue weighted by Gasteiger charge is 2.54. The highest BCUT2D eigenvalue weighted by molar-refractivity contribution is 8.18. The molecule has 240 valence electrons. The minimum absolute atomic E-state index is 0.0315. The molecule has 7 nitrogen and oxygen atoms in total. The molecule has 0 bridgehead atoms. The summed E-state index contributed by atoms with van der Waals surface area (Å²) in [6.45, 7) is 10.00. The first kappa shape index (κ1) is 32.4. The van der Waals surface area contributed by atoms with Crippen molar-refractivity contribution in [2.75, 3.05) is 27.2 Å². The number of amidine groups is 1. The molecule has 0 saturated carbocycles. The number of nitrogens with zero attached hydrogens (tertiary/aromatic N) is 5. The number of amides is 2. The maximum absolute atomic E-state index is 14.8. The number of fused-ring (bicyclic) bond motifs is 1. The molecule has 2 amide bonds. The van der Waals surface area contributed by atoms with E-state index in [1.54, 1.807) is 0 Å². The van der Waals surface area contributed by atoms with E-state index in [0.29, 0.717) is 34.0 Å². The van der Waals surface area contributed by atoms with Gasteiger partial charge in [-0.15, -0.1) is 0 Å². The zero-order valence-corrected chi connectivity index (χ0v) is 29.3. The molecule has 2 fully saturated rings. The lowest BCUT2D eigenvalue weighted by Crippen LogP contribution is -2.50. The summed E-state index contributed by atoms with van der Waals surface area (Å²) in [5, 5.41) is 2.15. The average molecular weight is 669 g/mol. The Morgan fingerprint density at radius 1 is 1.02 bits per heavy atom. The van der Waals surface area contributed by atoms with E-state index < -0.39 is 11.6 Å². The quantitative estimate of drug-likeness (QED) is 0.313. The van der Waals surface area contributed by atoms with Crippen LogP contribution in [0.15, 0.2) is 64.1 Å². The number of allylic oxidation sites excluding steroid dienone is 1. The summed E-state index contributed by atoms with van der Waals surface area (Å²) in [6, 6.07) is 15.6. The van der Waals surface area contributed by atoms with Gasteiger partial charge in [0.15, 0.2) is 5.17 Å². The van der Waals surface area contributed by atoms with Crippen LogP contribution in [0.4, 0.5) is 0 Å². The monoisotopic (exact) mass is 667 g/mol. The van der Waals surface area contributed by atoms with Crippen LogP contribution in [-0.2, 0) is 15.1 Å². The minimum Gasteiger partial charge on any atom is -0.339 e. The van der Waals surface area contributed by atoms with Crippen LogP contribution in [0.2, 0.25) is 10.0 Å². The number of halogens is 2. The first-order chi connectivity index (χ1) is 21.4. The van der Waals surface area contributed by atoms with E-state index in [2.05, 4.69) is 63.7 Å². The van der Waals surface area contributed by atoms with Gasteiger partial charge in [-0.2, -0.15) is 0 Å². The molecular weight excluding hydrogens is 625 g/mol. The molecule has 0 N–H and O–H groups in total. The van der Waals surface area contributed by atoms with Crippen LogP contribution >= 0.6 is 35.0 Å². The van der Waals surface area contributed by atoms with Crippen LogP contribution in [0, 0.1) is 5.92 Å². The van der Waals surface area contributed by atoms with E-state index in [-0.39, 0.29) is 29.8 Å². The Morgan fingerprint density at radius 3 is 2.24 bits per heavy atom. The number of thioether (sulfide) groups is 1. The topological polar surface area (TPSA) is 59.5 Å². The number of hydrogen-bond acceptors (Lipinski definition) is 6. The molecule has 45 heavy (non-hydrogen) atoms. The van der Waals surface area contributed by atoms with Gasteiger partial charge in [0.1, 0.15) is 16.5 Å². The summed E-state index contributed by atoms with van der Waals surface area (Å²) in [5.41, 5.74) is 2.44. The molecule has 0 radical (unpaired) electrons. The number of carbonyl (C=O) groups is 2. The van der Waals surface area contributed by atoms with Crippen molar-refractivity contribution in [3.63, 3.8) is 0 Å². The van der Waals surface area contributed by atoms with E-state index in [0.717, 1.165) is 47.8 Å². The fourth-order valence-electron chi connectivity index (χ4n) is 7.59. The molecule has 4 aliphatic heterocycles. The first-order valence-corrected chi connectivity index (χ1v) is 17.6. The summed E-state index contributed by atoms with van der Waals surface area (Å²) >= 11 is 14.1. The van der Waals surface area contributed by atoms with Crippen LogP contribution in [0.1, 0.15) is 70.5 Å². The number of benzene rings is 2. The van der Waals surface area contributed by atoms with Crippen molar-refractivity contribution < 1.29 is 9.59 Å². The third-order valence-corrected chi connectivity index (χ3v) is 11.6. The summed E-state index contributed by atoms with van der Waals surface area (Å²) < 4.78 is 0. The Bertz CT molecular complexity index is 1530. The first-order valence-electron chi connectivity index (χ1n) is 16.0. The zero-order valence-electron chi connectivity index (χ0n) is 27.0. The van der Waals surface area contributed by atoms with Gasteiger partial charge in [0.05, 0.1) is 6.04 Å². The second-order valence-electron chi connectivity index (χ2n) is 13.4. The predicted molar refractivity (Wildman–Crippen MR) is 184 cm³/mol. The number of likely N-dealkylation sites (N-methyl/N-ethyl adjacent to an activating group) is 1. The van der Waals surface area contributed by atoms with E-state index in [4.69, 9.17) is 28.2 Å². The molecule has 5 atom stereocenters. The van der Waals surface area contributed by atoms with Gasteiger partial charge in [-0.25, -0.2) is 4.99 Å². The lowest BCUT2D eigenvalue weighted by molar-refractivity contribution is -0.142. The van der Waals surface area contributed by atoms with Crippen molar-refractivity contribution >= 4 is 51.9 Å². The largest absolute Gasteiger partial charge is 0.339 e. The normalized spacial score (nSPS) is 28.1.